The van der Waals surface area contributed by atoms with Gasteiger partial charge in [0.1, 0.15) is 5.82 Å². The van der Waals surface area contributed by atoms with Crippen LogP contribution < -0.4 is 5.32 Å². The van der Waals surface area contributed by atoms with Gasteiger partial charge in [0, 0.05) is 18.4 Å². The van der Waals surface area contributed by atoms with Crippen LogP contribution in [-0.4, -0.2) is 15.6 Å². The molecule has 1 N–H and O–H groups in total. The quantitative estimate of drug-likeness (QED) is 0.897. The number of hydrogen-bond donors (Lipinski definition) is 1. The van der Waals surface area contributed by atoms with Crippen LogP contribution in [-0.2, 0) is 6.54 Å². The topological polar surface area (TPSA) is 29.9 Å². The van der Waals surface area contributed by atoms with E-state index in [0.717, 1.165) is 23.3 Å². The Morgan fingerprint density at radius 2 is 2.17 bits per heavy atom. The van der Waals surface area contributed by atoms with Gasteiger partial charge in [0.15, 0.2) is 0 Å². The predicted molar refractivity (Wildman–Crippen MR) is 66.3 cm³/mol. The van der Waals surface area contributed by atoms with E-state index in [-0.39, 0.29) is 0 Å². The minimum Gasteiger partial charge on any atom is -0.307 e. The molecule has 3 nitrogen and oxygen atoms in total. The molecular formula is C13H21F2N3. The number of hydrogen-bond acceptors (Lipinski definition) is 2. The van der Waals surface area contributed by atoms with Gasteiger partial charge in [-0.2, -0.15) is 8.78 Å². The lowest BCUT2D eigenvalue weighted by atomic mass is 9.79. The second-order valence-corrected chi connectivity index (χ2v) is 5.37. The average molecular weight is 257 g/mol. The molecule has 1 aromatic heterocycles. The molecule has 102 valence electrons. The second kappa shape index (κ2) is 5.78. The summed E-state index contributed by atoms with van der Waals surface area (Å²) in [5.74, 6) is 1.88. The van der Waals surface area contributed by atoms with E-state index in [9.17, 15) is 8.78 Å². The van der Waals surface area contributed by atoms with Gasteiger partial charge >= 0.3 is 6.55 Å². The van der Waals surface area contributed by atoms with Gasteiger partial charge in [-0.1, -0.05) is 13.8 Å². The molecule has 5 heteroatoms. The van der Waals surface area contributed by atoms with Crippen LogP contribution >= 0.6 is 0 Å². The van der Waals surface area contributed by atoms with Crippen molar-refractivity contribution < 1.29 is 8.78 Å². The fraction of sp³-hybridized carbons (Fsp3) is 0.769. The van der Waals surface area contributed by atoms with Crippen molar-refractivity contribution in [3.05, 3.63) is 18.2 Å². The molecule has 0 saturated heterocycles. The molecule has 1 saturated carbocycles. The van der Waals surface area contributed by atoms with Crippen LogP contribution in [0, 0.1) is 11.8 Å². The molecular weight excluding hydrogens is 236 g/mol. The molecule has 0 bridgehead atoms. The van der Waals surface area contributed by atoms with E-state index in [1.54, 1.807) is 0 Å². The largest absolute Gasteiger partial charge is 0.319 e. The molecule has 0 aliphatic heterocycles. The van der Waals surface area contributed by atoms with Crippen LogP contribution in [0.2, 0.25) is 0 Å². The highest BCUT2D eigenvalue weighted by atomic mass is 19.3. The van der Waals surface area contributed by atoms with E-state index in [2.05, 4.69) is 24.1 Å². The van der Waals surface area contributed by atoms with Crippen LogP contribution in [0.1, 0.15) is 45.5 Å². The lowest BCUT2D eigenvalue weighted by molar-refractivity contribution is 0.0662. The standard InChI is InChI=1S/C13H21F2N3/c1-9-3-4-11(7-10(9)2)17-8-12-16-5-6-18(12)13(14)15/h5-6,9-11,13,17H,3-4,7-8H2,1-2H3. The Balaban J connectivity index is 1.86. The molecule has 1 fully saturated rings. The van der Waals surface area contributed by atoms with Gasteiger partial charge in [0.25, 0.3) is 0 Å². The van der Waals surface area contributed by atoms with Crippen molar-refractivity contribution in [2.45, 2.75) is 52.2 Å². The van der Waals surface area contributed by atoms with Crippen molar-refractivity contribution in [2.24, 2.45) is 11.8 Å². The van der Waals surface area contributed by atoms with E-state index < -0.39 is 6.55 Å². The van der Waals surface area contributed by atoms with Gasteiger partial charge in [0.05, 0.1) is 6.54 Å². The summed E-state index contributed by atoms with van der Waals surface area (Å²) < 4.78 is 26.2. The molecule has 1 aliphatic carbocycles. The normalized spacial score (nSPS) is 28.8. The van der Waals surface area contributed by atoms with Crippen LogP contribution in [0.15, 0.2) is 12.4 Å². The highest BCUT2D eigenvalue weighted by Crippen LogP contribution is 2.29. The van der Waals surface area contributed by atoms with Crippen molar-refractivity contribution in [2.75, 3.05) is 0 Å². The number of aromatic nitrogens is 2. The zero-order chi connectivity index (χ0) is 13.1. The maximum Gasteiger partial charge on any atom is 0.319 e. The maximum atomic E-state index is 12.6. The molecule has 1 aliphatic rings. The summed E-state index contributed by atoms with van der Waals surface area (Å²) in [5, 5.41) is 3.35. The van der Waals surface area contributed by atoms with Crippen molar-refractivity contribution in [3.63, 3.8) is 0 Å². The van der Waals surface area contributed by atoms with Gasteiger partial charge in [-0.3, -0.25) is 4.57 Å². The van der Waals surface area contributed by atoms with Gasteiger partial charge in [-0.15, -0.1) is 0 Å². The first-order valence-corrected chi connectivity index (χ1v) is 6.61. The summed E-state index contributed by atoms with van der Waals surface area (Å²) in [6, 6.07) is 0.430. The Labute approximate surface area is 107 Å². The van der Waals surface area contributed by atoms with Gasteiger partial charge < -0.3 is 5.32 Å². The SMILES string of the molecule is CC1CCC(NCc2nccn2C(F)F)CC1C. The molecule has 3 unspecified atom stereocenters. The number of imidazole rings is 1. The summed E-state index contributed by atoms with van der Waals surface area (Å²) >= 11 is 0. The Hall–Kier alpha value is -0.970. The van der Waals surface area contributed by atoms with Crippen LogP contribution in [0.3, 0.4) is 0 Å². The summed E-state index contributed by atoms with van der Waals surface area (Å²) in [4.78, 5) is 3.98. The minimum atomic E-state index is -2.50. The predicted octanol–water partition coefficient (Wildman–Crippen LogP) is 3.19. The number of rotatable bonds is 4. The molecule has 0 spiro atoms. The van der Waals surface area contributed by atoms with Crippen molar-refractivity contribution in [3.8, 4) is 0 Å². The summed E-state index contributed by atoms with van der Waals surface area (Å²) in [7, 11) is 0. The van der Waals surface area contributed by atoms with E-state index >= 15 is 0 Å². The monoisotopic (exact) mass is 257 g/mol. The van der Waals surface area contributed by atoms with Crippen LogP contribution in [0.4, 0.5) is 8.78 Å². The Morgan fingerprint density at radius 3 is 2.83 bits per heavy atom. The highest BCUT2D eigenvalue weighted by molar-refractivity contribution is 4.93. The molecule has 2 rings (SSSR count). The van der Waals surface area contributed by atoms with Gasteiger partial charge in [0.2, 0.25) is 0 Å². The zero-order valence-electron chi connectivity index (χ0n) is 10.9. The molecule has 0 amide bonds. The summed E-state index contributed by atoms with van der Waals surface area (Å²) in [5.41, 5.74) is 0. The first kappa shape index (κ1) is 13.5. The number of alkyl halides is 2. The Morgan fingerprint density at radius 1 is 1.39 bits per heavy atom. The lowest BCUT2D eigenvalue weighted by Gasteiger charge is -2.32. The van der Waals surface area contributed by atoms with Crippen LogP contribution in [0.5, 0.6) is 0 Å². The van der Waals surface area contributed by atoms with E-state index in [4.69, 9.17) is 0 Å². The summed E-state index contributed by atoms with van der Waals surface area (Å²) in [6.45, 7) is 2.46. The van der Waals surface area contributed by atoms with Gasteiger partial charge in [-0.25, -0.2) is 4.98 Å². The van der Waals surface area contributed by atoms with E-state index in [0.29, 0.717) is 24.3 Å². The number of halogens is 2. The fourth-order valence-electron chi connectivity index (χ4n) is 2.63. The van der Waals surface area contributed by atoms with E-state index in [1.165, 1.54) is 18.8 Å². The molecule has 18 heavy (non-hydrogen) atoms. The third kappa shape index (κ3) is 3.07. The van der Waals surface area contributed by atoms with Crippen LogP contribution in [0.25, 0.3) is 0 Å². The molecule has 1 aromatic rings. The average Bonchev–Trinajstić information content (AvgIpc) is 2.79. The smallest absolute Gasteiger partial charge is 0.307 e. The number of nitrogens with one attached hydrogen (secondary N) is 1. The molecule has 0 aromatic carbocycles. The maximum absolute atomic E-state index is 12.6. The first-order valence-electron chi connectivity index (χ1n) is 6.61. The lowest BCUT2D eigenvalue weighted by Crippen LogP contribution is -2.36. The Kier molecular flexibility index (Phi) is 4.32. The zero-order valence-corrected chi connectivity index (χ0v) is 10.9. The third-order valence-corrected chi connectivity index (χ3v) is 4.11. The van der Waals surface area contributed by atoms with E-state index in [1.807, 2.05) is 0 Å². The third-order valence-electron chi connectivity index (χ3n) is 4.11. The summed E-state index contributed by atoms with van der Waals surface area (Å²) in [6.07, 6.45) is 6.21. The fourth-order valence-corrected chi connectivity index (χ4v) is 2.63. The van der Waals surface area contributed by atoms with Crippen molar-refractivity contribution in [1.29, 1.82) is 0 Å². The number of nitrogens with zero attached hydrogens (tertiary/aromatic N) is 2. The minimum absolute atomic E-state index is 0.413. The van der Waals surface area contributed by atoms with Crippen molar-refractivity contribution >= 4 is 0 Å². The second-order valence-electron chi connectivity index (χ2n) is 5.37. The van der Waals surface area contributed by atoms with Crippen molar-refractivity contribution in [1.82, 2.24) is 14.9 Å². The molecule has 3 atom stereocenters. The Bertz CT molecular complexity index is 378. The molecule has 1 heterocycles. The molecule has 0 radical (unpaired) electrons. The van der Waals surface area contributed by atoms with Gasteiger partial charge in [-0.05, 0) is 31.1 Å². The highest BCUT2D eigenvalue weighted by Gasteiger charge is 2.24. The first-order chi connectivity index (χ1) is 8.58.